The van der Waals surface area contributed by atoms with Gasteiger partial charge in [0.2, 0.25) is 0 Å². The number of carbonyl (C=O) groups excluding carboxylic acids is 2. The quantitative estimate of drug-likeness (QED) is 0.613. The Balaban J connectivity index is 1.52. The number of amides is 2. The van der Waals surface area contributed by atoms with Crippen LogP contribution in [0.1, 0.15) is 20.7 Å². The van der Waals surface area contributed by atoms with Gasteiger partial charge in [-0.05, 0) is 54.6 Å². The van der Waals surface area contributed by atoms with Crippen molar-refractivity contribution >= 4 is 17.5 Å². The van der Waals surface area contributed by atoms with Crippen LogP contribution in [-0.4, -0.2) is 25.0 Å². The van der Waals surface area contributed by atoms with Gasteiger partial charge in [-0.25, -0.2) is 4.39 Å². The summed E-state index contributed by atoms with van der Waals surface area (Å²) in [5.41, 5.74) is 1.22. The number of anilines is 1. The fourth-order valence-electron chi connectivity index (χ4n) is 2.49. The third kappa shape index (κ3) is 5.41. The molecule has 0 fully saturated rings. The number of hydrogen-bond acceptors (Lipinski definition) is 3. The Hall–Kier alpha value is -3.67. The SMILES string of the molecule is O=C(NCCOc1ccccc1)c1cccc(NC(=O)c2ccc(F)cc2)c1. The summed E-state index contributed by atoms with van der Waals surface area (Å²) in [5, 5.41) is 5.46. The third-order valence-electron chi connectivity index (χ3n) is 3.89. The van der Waals surface area contributed by atoms with Gasteiger partial charge in [0.15, 0.2) is 0 Å². The highest BCUT2D eigenvalue weighted by atomic mass is 19.1. The Labute approximate surface area is 162 Å². The summed E-state index contributed by atoms with van der Waals surface area (Å²) in [4.78, 5) is 24.5. The van der Waals surface area contributed by atoms with Gasteiger partial charge in [0.05, 0.1) is 6.54 Å². The molecule has 0 atom stereocenters. The van der Waals surface area contributed by atoms with E-state index in [1.165, 1.54) is 24.3 Å². The van der Waals surface area contributed by atoms with Crippen molar-refractivity contribution in [3.8, 4) is 5.75 Å². The van der Waals surface area contributed by atoms with Gasteiger partial charge in [0.25, 0.3) is 11.8 Å². The summed E-state index contributed by atoms with van der Waals surface area (Å²) in [7, 11) is 0. The highest BCUT2D eigenvalue weighted by Gasteiger charge is 2.09. The maximum Gasteiger partial charge on any atom is 0.255 e. The lowest BCUT2D eigenvalue weighted by Gasteiger charge is -2.09. The molecule has 0 heterocycles. The summed E-state index contributed by atoms with van der Waals surface area (Å²) in [6, 6.07) is 21.1. The normalized spacial score (nSPS) is 10.2. The molecule has 0 spiro atoms. The number of carbonyl (C=O) groups is 2. The van der Waals surface area contributed by atoms with Crippen LogP contribution in [0.4, 0.5) is 10.1 Å². The van der Waals surface area contributed by atoms with Crippen molar-refractivity contribution in [3.63, 3.8) is 0 Å². The molecule has 28 heavy (non-hydrogen) atoms. The van der Waals surface area contributed by atoms with Crippen LogP contribution in [0.2, 0.25) is 0 Å². The molecule has 0 aliphatic heterocycles. The molecule has 0 unspecified atom stereocenters. The van der Waals surface area contributed by atoms with Gasteiger partial charge in [-0.1, -0.05) is 24.3 Å². The first kappa shape index (κ1) is 19.1. The minimum atomic E-state index is -0.411. The van der Waals surface area contributed by atoms with Gasteiger partial charge in [0.1, 0.15) is 18.2 Å². The number of hydrogen-bond donors (Lipinski definition) is 2. The molecular weight excluding hydrogens is 359 g/mol. The van der Waals surface area contributed by atoms with Crippen LogP contribution >= 0.6 is 0 Å². The zero-order valence-corrected chi connectivity index (χ0v) is 15.0. The molecule has 3 aromatic carbocycles. The maximum atomic E-state index is 13.0. The van der Waals surface area contributed by atoms with Gasteiger partial charge in [-0.2, -0.15) is 0 Å². The predicted molar refractivity (Wildman–Crippen MR) is 105 cm³/mol. The van der Waals surface area contributed by atoms with Crippen molar-refractivity contribution in [2.75, 3.05) is 18.5 Å². The number of benzene rings is 3. The van der Waals surface area contributed by atoms with E-state index in [1.807, 2.05) is 30.3 Å². The van der Waals surface area contributed by atoms with Crippen LogP contribution in [0.15, 0.2) is 78.9 Å². The summed E-state index contributed by atoms with van der Waals surface area (Å²) < 4.78 is 18.5. The lowest BCUT2D eigenvalue weighted by Crippen LogP contribution is -2.28. The lowest BCUT2D eigenvalue weighted by molar-refractivity contribution is 0.0945. The molecule has 2 amide bonds. The lowest BCUT2D eigenvalue weighted by atomic mass is 10.1. The fourth-order valence-corrected chi connectivity index (χ4v) is 2.49. The van der Waals surface area contributed by atoms with E-state index >= 15 is 0 Å². The van der Waals surface area contributed by atoms with Gasteiger partial charge in [-0.15, -0.1) is 0 Å². The highest BCUT2D eigenvalue weighted by Crippen LogP contribution is 2.13. The van der Waals surface area contributed by atoms with E-state index in [-0.39, 0.29) is 11.8 Å². The van der Waals surface area contributed by atoms with E-state index in [0.717, 1.165) is 5.75 Å². The van der Waals surface area contributed by atoms with E-state index in [2.05, 4.69) is 10.6 Å². The van der Waals surface area contributed by atoms with Crippen LogP contribution in [0.5, 0.6) is 5.75 Å². The van der Waals surface area contributed by atoms with E-state index in [4.69, 9.17) is 4.74 Å². The molecule has 142 valence electrons. The second kappa shape index (κ2) is 9.32. The molecule has 3 aromatic rings. The first-order valence-electron chi connectivity index (χ1n) is 8.75. The zero-order valence-electron chi connectivity index (χ0n) is 15.0. The smallest absolute Gasteiger partial charge is 0.255 e. The van der Waals surface area contributed by atoms with Gasteiger partial charge < -0.3 is 15.4 Å². The number of ether oxygens (including phenoxy) is 1. The molecule has 0 aliphatic rings. The van der Waals surface area contributed by atoms with E-state index < -0.39 is 5.82 Å². The molecular formula is C22H19FN2O3. The Morgan fingerprint density at radius 1 is 0.821 bits per heavy atom. The molecule has 6 heteroatoms. The average molecular weight is 378 g/mol. The van der Waals surface area contributed by atoms with Crippen LogP contribution in [0, 0.1) is 5.82 Å². The topological polar surface area (TPSA) is 67.4 Å². The van der Waals surface area contributed by atoms with Crippen molar-refractivity contribution in [2.24, 2.45) is 0 Å². The molecule has 0 radical (unpaired) electrons. The number of rotatable bonds is 7. The standard InChI is InChI=1S/C22H19FN2O3/c23-18-11-9-16(10-12-18)22(27)25-19-6-4-5-17(15-19)21(26)24-13-14-28-20-7-2-1-3-8-20/h1-12,15H,13-14H2,(H,24,26)(H,25,27). The monoisotopic (exact) mass is 378 g/mol. The summed E-state index contributed by atoms with van der Waals surface area (Å²) >= 11 is 0. The minimum absolute atomic E-state index is 0.269. The zero-order chi connectivity index (χ0) is 19.8. The number of para-hydroxylation sites is 1. The Morgan fingerprint density at radius 2 is 1.57 bits per heavy atom. The number of halogens is 1. The van der Waals surface area contributed by atoms with Crippen LogP contribution in [0.3, 0.4) is 0 Å². The molecule has 3 rings (SSSR count). The van der Waals surface area contributed by atoms with Crippen molar-refractivity contribution in [1.82, 2.24) is 5.32 Å². The van der Waals surface area contributed by atoms with Gasteiger partial charge >= 0.3 is 0 Å². The van der Waals surface area contributed by atoms with Gasteiger partial charge in [-0.3, -0.25) is 9.59 Å². The Morgan fingerprint density at radius 3 is 2.32 bits per heavy atom. The van der Waals surface area contributed by atoms with E-state index in [0.29, 0.717) is 30.0 Å². The van der Waals surface area contributed by atoms with Crippen LogP contribution in [-0.2, 0) is 0 Å². The van der Waals surface area contributed by atoms with Crippen molar-refractivity contribution in [2.45, 2.75) is 0 Å². The first-order valence-corrected chi connectivity index (χ1v) is 8.75. The van der Waals surface area contributed by atoms with E-state index in [9.17, 15) is 14.0 Å². The van der Waals surface area contributed by atoms with E-state index in [1.54, 1.807) is 24.3 Å². The molecule has 5 nitrogen and oxygen atoms in total. The number of nitrogens with one attached hydrogen (secondary N) is 2. The molecule has 0 bridgehead atoms. The highest BCUT2D eigenvalue weighted by molar-refractivity contribution is 6.05. The Bertz CT molecular complexity index is 944. The Kier molecular flexibility index (Phi) is 6.36. The second-order valence-corrected chi connectivity index (χ2v) is 5.96. The third-order valence-corrected chi connectivity index (χ3v) is 3.89. The van der Waals surface area contributed by atoms with Crippen molar-refractivity contribution in [3.05, 3.63) is 95.8 Å². The summed E-state index contributed by atoms with van der Waals surface area (Å²) in [5.74, 6) is -0.322. The largest absolute Gasteiger partial charge is 0.492 e. The van der Waals surface area contributed by atoms with Crippen molar-refractivity contribution in [1.29, 1.82) is 0 Å². The fraction of sp³-hybridized carbons (Fsp3) is 0.0909. The summed E-state index contributed by atoms with van der Waals surface area (Å²) in [6.07, 6.45) is 0. The van der Waals surface area contributed by atoms with Crippen molar-refractivity contribution < 1.29 is 18.7 Å². The molecule has 0 saturated heterocycles. The van der Waals surface area contributed by atoms with Crippen LogP contribution < -0.4 is 15.4 Å². The molecule has 0 saturated carbocycles. The minimum Gasteiger partial charge on any atom is -0.492 e. The summed E-state index contributed by atoms with van der Waals surface area (Å²) in [6.45, 7) is 0.691. The predicted octanol–water partition coefficient (Wildman–Crippen LogP) is 3.89. The van der Waals surface area contributed by atoms with Gasteiger partial charge in [0, 0.05) is 16.8 Å². The second-order valence-electron chi connectivity index (χ2n) is 5.96. The maximum absolute atomic E-state index is 13.0. The average Bonchev–Trinajstić information content (AvgIpc) is 2.72. The molecule has 0 aromatic heterocycles. The van der Waals surface area contributed by atoms with Crippen LogP contribution in [0.25, 0.3) is 0 Å². The first-order chi connectivity index (χ1) is 13.6. The molecule has 2 N–H and O–H groups in total. The molecule has 0 aliphatic carbocycles.